The highest BCUT2D eigenvalue weighted by Gasteiger charge is 2.20. The van der Waals surface area contributed by atoms with E-state index in [9.17, 15) is 0 Å². The van der Waals surface area contributed by atoms with Gasteiger partial charge in [-0.15, -0.1) is 0 Å². The number of rotatable bonds is 18. The Bertz CT molecular complexity index is 7260. The van der Waals surface area contributed by atoms with E-state index in [0.717, 1.165) is 65.7 Å². The van der Waals surface area contributed by atoms with E-state index in [0.29, 0.717) is 47.3 Å². The fourth-order valence-electron chi connectivity index (χ4n) is 17.1. The summed E-state index contributed by atoms with van der Waals surface area (Å²) in [6.07, 6.45) is 24.5. The number of piperazine rings is 1. The normalized spacial score (nSPS) is 12.0. The van der Waals surface area contributed by atoms with Crippen LogP contribution in [-0.2, 0) is 33.7 Å². The van der Waals surface area contributed by atoms with Crippen molar-refractivity contribution >= 4 is 44.6 Å². The summed E-state index contributed by atoms with van der Waals surface area (Å²) in [4.78, 5) is 32.4. The Morgan fingerprint density at radius 3 is 0.993 bits per heavy atom. The lowest BCUT2D eigenvalue weighted by Crippen LogP contribution is -2.44. The lowest BCUT2D eigenvalue weighted by Gasteiger charge is -2.33. The number of aryl methyl sites for hydroxylation is 4. The van der Waals surface area contributed by atoms with Crippen LogP contribution in [0.3, 0.4) is 0 Å². The van der Waals surface area contributed by atoms with E-state index < -0.39 is 0 Å². The SMILES string of the molecule is CC(C)c1cccc(-c2ccc3c(cnn3C)c2)c1.CC(C)c1cccc(-c2ccc3c(cnn3C)c2)c1.CC(C)c1cccc(-c2ccnc(N3CCN(C)CC3)c2)c1.CC(C)c1cccc(-c2cnc(N(C)C)nc2)c1.CC(C)c1cccc(-c2cnc3cnn(C)c3c2)c1.CC(C)c1cccc(-c2cncnc2)c1.CC(C)c1cccc(-c2cnn(C(C)(C)C)c2)c1.Cc1c(-c2cccc(C(C)C)c2)cnn1C. The van der Waals surface area contributed by atoms with Gasteiger partial charge in [0.1, 0.15) is 17.7 Å². The van der Waals surface area contributed by atoms with Crippen LogP contribution in [-0.4, -0.2) is 131 Å². The first-order valence-electron chi connectivity index (χ1n) is 51.5. The topological polar surface area (TPSA) is 176 Å². The Labute approximate surface area is 868 Å². The predicted octanol–water partition coefficient (Wildman–Crippen LogP) is 30.7. The Balaban J connectivity index is 0.000000140. The number of nitrogens with zero attached hydrogens (tertiary/aromatic N) is 19. The zero-order valence-corrected chi connectivity index (χ0v) is 91.1. The van der Waals surface area contributed by atoms with Gasteiger partial charge in [-0.25, -0.2) is 24.9 Å². The Kier molecular flexibility index (Phi) is 37.5. The molecule has 0 unspecified atom stereocenters. The minimum absolute atomic E-state index is 0.0356. The van der Waals surface area contributed by atoms with Crippen molar-refractivity contribution in [2.75, 3.05) is 57.1 Å². The minimum atomic E-state index is 0.0356. The zero-order valence-electron chi connectivity index (χ0n) is 91.1. The van der Waals surface area contributed by atoms with Gasteiger partial charge in [-0.1, -0.05) is 317 Å². The van der Waals surface area contributed by atoms with Crippen molar-refractivity contribution in [1.29, 1.82) is 0 Å². The number of likely N-dealkylation sites (N-methyl/N-ethyl adjacent to an activating group) is 1. The van der Waals surface area contributed by atoms with Crippen LogP contribution in [0.1, 0.15) is 229 Å². The average molecular weight is 1940 g/mol. The van der Waals surface area contributed by atoms with Crippen LogP contribution >= 0.6 is 0 Å². The summed E-state index contributed by atoms with van der Waals surface area (Å²) >= 11 is 0. The quantitative estimate of drug-likeness (QED) is 0.0793. The molecule has 1 aliphatic rings. The lowest BCUT2D eigenvalue weighted by atomic mass is 9.97. The molecule has 0 spiro atoms. The van der Waals surface area contributed by atoms with Crippen LogP contribution < -0.4 is 9.80 Å². The molecule has 1 aliphatic heterocycles. The van der Waals surface area contributed by atoms with Gasteiger partial charge in [0.15, 0.2) is 0 Å². The van der Waals surface area contributed by atoms with Crippen LogP contribution in [0.2, 0.25) is 0 Å². The molecule has 1 saturated heterocycles. The first-order valence-corrected chi connectivity index (χ1v) is 51.5. The van der Waals surface area contributed by atoms with Gasteiger partial charge in [0.2, 0.25) is 5.95 Å². The molecule has 19 heteroatoms. The number of aromatic nitrogens is 16. The molecule has 0 aliphatic carbocycles. The second-order valence-corrected chi connectivity index (χ2v) is 41.8. The third-order valence-electron chi connectivity index (χ3n) is 26.8. The maximum atomic E-state index is 4.58. The summed E-state index contributed by atoms with van der Waals surface area (Å²) < 4.78 is 9.60. The van der Waals surface area contributed by atoms with Crippen molar-refractivity contribution in [3.8, 4) is 89.0 Å². The fourth-order valence-corrected chi connectivity index (χ4v) is 17.1. The Morgan fingerprint density at radius 1 is 0.281 bits per heavy atom. The van der Waals surface area contributed by atoms with Crippen molar-refractivity contribution in [2.45, 2.75) is 191 Å². The highest BCUT2D eigenvalue weighted by molar-refractivity contribution is 5.86. The predicted molar refractivity (Wildman–Crippen MR) is 614 cm³/mol. The van der Waals surface area contributed by atoms with E-state index in [1.807, 2.05) is 133 Å². The molecule has 754 valence electrons. The molecule has 19 aromatic rings. The molecule has 0 bridgehead atoms. The third-order valence-corrected chi connectivity index (χ3v) is 26.8. The number of fused-ring (bicyclic) bond motifs is 3. The lowest BCUT2D eigenvalue weighted by molar-refractivity contribution is 0.312. The molecule has 0 saturated carbocycles. The third kappa shape index (κ3) is 29.2. The van der Waals surface area contributed by atoms with Crippen molar-refractivity contribution < 1.29 is 0 Å². The summed E-state index contributed by atoms with van der Waals surface area (Å²) in [5.74, 6) is 6.25. The van der Waals surface area contributed by atoms with Crippen LogP contribution in [0.4, 0.5) is 11.8 Å². The summed E-state index contributed by atoms with van der Waals surface area (Å²) in [5, 5.41) is 23.9. The number of benzene rings is 10. The van der Waals surface area contributed by atoms with E-state index in [-0.39, 0.29) is 5.54 Å². The molecular formula is C127H151N19. The largest absolute Gasteiger partial charge is 0.354 e. The van der Waals surface area contributed by atoms with Gasteiger partial charge in [-0.05, 0) is 230 Å². The molecular weight excluding hydrogens is 1790 g/mol. The summed E-state index contributed by atoms with van der Waals surface area (Å²) in [6, 6.07) is 89.1. The maximum absolute atomic E-state index is 4.58. The van der Waals surface area contributed by atoms with Gasteiger partial charge in [0, 0.05) is 156 Å². The van der Waals surface area contributed by atoms with E-state index in [1.165, 1.54) is 144 Å². The van der Waals surface area contributed by atoms with E-state index in [1.54, 1.807) is 12.5 Å². The highest BCUT2D eigenvalue weighted by atomic mass is 15.3. The summed E-state index contributed by atoms with van der Waals surface area (Å²) in [5.41, 5.74) is 35.8. The molecule has 1 fully saturated rings. The molecule has 0 atom stereocenters. The maximum Gasteiger partial charge on any atom is 0.224 e. The Morgan fingerprint density at radius 2 is 0.616 bits per heavy atom. The molecule has 10 aromatic carbocycles. The number of hydrogen-bond donors (Lipinski definition) is 0. The number of pyridine rings is 2. The molecule has 19 nitrogen and oxygen atoms in total. The molecule has 9 aromatic heterocycles. The second kappa shape index (κ2) is 50.5. The first-order chi connectivity index (χ1) is 69.9. The van der Waals surface area contributed by atoms with Gasteiger partial charge >= 0.3 is 0 Å². The summed E-state index contributed by atoms with van der Waals surface area (Å²) in [7, 11) is 13.9. The van der Waals surface area contributed by atoms with Crippen LogP contribution in [0.25, 0.3) is 122 Å². The number of anilines is 2. The molecule has 0 amide bonds. The van der Waals surface area contributed by atoms with Crippen LogP contribution in [0.15, 0.2) is 329 Å². The molecule has 20 rings (SSSR count). The molecule has 0 radical (unpaired) electrons. The van der Waals surface area contributed by atoms with Gasteiger partial charge in [-0.3, -0.25) is 28.4 Å². The van der Waals surface area contributed by atoms with Crippen molar-refractivity contribution in [1.82, 2.24) is 83.7 Å². The summed E-state index contributed by atoms with van der Waals surface area (Å²) in [6.45, 7) is 48.4. The van der Waals surface area contributed by atoms with Crippen molar-refractivity contribution in [3.63, 3.8) is 0 Å². The molecule has 0 N–H and O–H groups in total. The van der Waals surface area contributed by atoms with Gasteiger partial charge in [-0.2, -0.15) is 25.5 Å². The van der Waals surface area contributed by atoms with Gasteiger partial charge in [0.25, 0.3) is 0 Å². The molecule has 146 heavy (non-hydrogen) atoms. The average Bonchev–Trinajstić information content (AvgIpc) is 1.69. The van der Waals surface area contributed by atoms with Crippen LogP contribution in [0, 0.1) is 6.92 Å². The van der Waals surface area contributed by atoms with Gasteiger partial charge < -0.3 is 14.7 Å². The van der Waals surface area contributed by atoms with E-state index >= 15 is 0 Å². The first kappa shape index (κ1) is 108. The smallest absolute Gasteiger partial charge is 0.224 e. The Hall–Kier alpha value is -15.0. The molecule has 10 heterocycles. The standard InChI is InChI=1S/C19H25N3.2C17H18N2.C16H17N3.C16H22N2.C15H19N3.C14H18N2.C13H14N2/c1-15(2)16-5-4-6-17(13-16)18-7-8-20-19(14-18)22-11-9-21(3)10-12-22;2*1-12(2)13-5-4-6-14(9-13)15-7-8-17-16(10-15)11-18-19(17)3;1-11(2)12-5-4-6-13(7-12)14-8-16-15(17-9-14)10-18-19(16)3;1-12(2)13-7-6-8-14(9-13)15-10-17-18(11-15)16(3,4)5;1-11(2)12-6-5-7-13(8-12)14-9-16-15(17-10-14)18(3)4;1-10(2)12-6-5-7-13(8-12)14-9-15-16(4)11(14)3;1-10(2)11-4-3-5-12(6-11)13-7-14-9-15-8-13/h4-8,13-15H,9-12H2,1-3H3;2*4-12H,1-3H3;4-11H,1-3H3;6-12H,1-5H3;5-11H,1-4H3;5-10H,1-4H3;3-10H,1-2H3. The van der Waals surface area contributed by atoms with E-state index in [4.69, 9.17) is 0 Å². The zero-order chi connectivity index (χ0) is 105. The van der Waals surface area contributed by atoms with Gasteiger partial charge in [0.05, 0.1) is 53.1 Å². The monoisotopic (exact) mass is 1940 g/mol. The second-order valence-electron chi connectivity index (χ2n) is 41.8. The fraction of sp³-hybridized carbons (Fsp3) is 0.315. The van der Waals surface area contributed by atoms with Crippen molar-refractivity contribution in [2.24, 2.45) is 28.2 Å². The number of hydrogen-bond acceptors (Lipinski definition) is 14. The van der Waals surface area contributed by atoms with Crippen molar-refractivity contribution in [3.05, 3.63) is 380 Å². The van der Waals surface area contributed by atoms with E-state index in [2.05, 4.69) is 466 Å². The van der Waals surface area contributed by atoms with Crippen LogP contribution in [0.5, 0.6) is 0 Å². The minimum Gasteiger partial charge on any atom is -0.354 e. The highest BCUT2D eigenvalue weighted by Crippen LogP contribution is 2.36.